The van der Waals surface area contributed by atoms with Crippen LogP contribution >= 0.6 is 11.8 Å². The maximum Gasteiger partial charge on any atom is 0.253 e. The molecule has 0 atom stereocenters. The largest absolute Gasteiger partial charge is 0.324 e. The van der Waals surface area contributed by atoms with Gasteiger partial charge >= 0.3 is 0 Å². The second-order valence-corrected chi connectivity index (χ2v) is 6.88. The van der Waals surface area contributed by atoms with E-state index in [2.05, 4.69) is 20.4 Å². The first kappa shape index (κ1) is 18.3. The normalized spacial score (nSPS) is 11.1. The lowest BCUT2D eigenvalue weighted by Gasteiger charge is -2.11. The number of benzene rings is 1. The van der Waals surface area contributed by atoms with Crippen LogP contribution in [0.1, 0.15) is 28.9 Å². The van der Waals surface area contributed by atoms with Gasteiger partial charge in [-0.15, -0.1) is 5.10 Å². The number of carbonyl (C=O) groups is 1. The number of fused-ring (bicyclic) bond motifs is 1. The summed E-state index contributed by atoms with van der Waals surface area (Å²) in [6, 6.07) is 4.64. The summed E-state index contributed by atoms with van der Waals surface area (Å²) in [5, 5.41) is 7.70. The van der Waals surface area contributed by atoms with Crippen LogP contribution in [-0.4, -0.2) is 31.7 Å². The fourth-order valence-electron chi connectivity index (χ4n) is 2.82. The molecule has 0 spiro atoms. The molecular weight excluding hydrogens is 353 g/mol. The Kier molecular flexibility index (Phi) is 5.22. The molecule has 0 fully saturated rings. The molecule has 136 valence electrons. The van der Waals surface area contributed by atoms with Crippen LogP contribution in [0.3, 0.4) is 0 Å². The molecule has 3 aromatic rings. The molecule has 26 heavy (non-hydrogen) atoms. The standard InChI is InChI=1S/C18H20FN5OS/c1-10-5-7-14(19)15(9-10)21-16(25)8-6-13-11(2)20-17-22-18(26-4)23-24(17)12(13)3/h5,7,9H,6,8H2,1-4H3,(H,21,25). The van der Waals surface area contributed by atoms with Gasteiger partial charge in [-0.25, -0.2) is 13.9 Å². The van der Waals surface area contributed by atoms with Gasteiger partial charge in [-0.2, -0.15) is 4.98 Å². The fourth-order valence-corrected chi connectivity index (χ4v) is 3.16. The van der Waals surface area contributed by atoms with Crippen molar-refractivity contribution in [2.45, 2.75) is 38.8 Å². The van der Waals surface area contributed by atoms with E-state index in [9.17, 15) is 9.18 Å². The van der Waals surface area contributed by atoms with Crippen LogP contribution in [0.2, 0.25) is 0 Å². The van der Waals surface area contributed by atoms with Crippen LogP contribution < -0.4 is 5.32 Å². The molecule has 2 heterocycles. The number of rotatable bonds is 5. The highest BCUT2D eigenvalue weighted by Crippen LogP contribution is 2.19. The molecule has 0 bridgehead atoms. The average molecular weight is 373 g/mol. The maximum atomic E-state index is 13.8. The van der Waals surface area contributed by atoms with Crippen molar-refractivity contribution in [3.05, 3.63) is 46.5 Å². The lowest BCUT2D eigenvalue weighted by Crippen LogP contribution is -2.15. The lowest BCUT2D eigenvalue weighted by atomic mass is 10.1. The summed E-state index contributed by atoms with van der Waals surface area (Å²) < 4.78 is 15.5. The molecule has 8 heteroatoms. The molecule has 0 unspecified atom stereocenters. The van der Waals surface area contributed by atoms with E-state index in [4.69, 9.17) is 0 Å². The Balaban J connectivity index is 1.76. The van der Waals surface area contributed by atoms with Crippen molar-refractivity contribution in [1.82, 2.24) is 19.6 Å². The number of halogens is 1. The van der Waals surface area contributed by atoms with E-state index in [0.717, 1.165) is 22.5 Å². The number of anilines is 1. The second kappa shape index (κ2) is 7.41. The first-order valence-electron chi connectivity index (χ1n) is 8.22. The minimum atomic E-state index is -0.438. The molecule has 0 saturated heterocycles. The highest BCUT2D eigenvalue weighted by Gasteiger charge is 2.15. The molecule has 1 amide bonds. The number of thioether (sulfide) groups is 1. The van der Waals surface area contributed by atoms with Gasteiger partial charge in [0.05, 0.1) is 5.69 Å². The van der Waals surface area contributed by atoms with Crippen molar-refractivity contribution in [2.75, 3.05) is 11.6 Å². The third-order valence-corrected chi connectivity index (χ3v) is 4.75. The summed E-state index contributed by atoms with van der Waals surface area (Å²) in [5.41, 5.74) is 3.78. The van der Waals surface area contributed by atoms with Crippen LogP contribution in [0.25, 0.3) is 5.78 Å². The summed E-state index contributed by atoms with van der Waals surface area (Å²) in [6.07, 6.45) is 2.63. The summed E-state index contributed by atoms with van der Waals surface area (Å²) in [5.74, 6) is -0.122. The molecule has 0 saturated carbocycles. The van der Waals surface area contributed by atoms with Gasteiger partial charge in [0.15, 0.2) is 0 Å². The number of hydrogen-bond acceptors (Lipinski definition) is 5. The summed E-state index contributed by atoms with van der Waals surface area (Å²) >= 11 is 1.45. The summed E-state index contributed by atoms with van der Waals surface area (Å²) in [7, 11) is 0. The van der Waals surface area contributed by atoms with Crippen LogP contribution in [-0.2, 0) is 11.2 Å². The monoisotopic (exact) mass is 373 g/mol. The Hall–Kier alpha value is -2.48. The van der Waals surface area contributed by atoms with Crippen molar-refractivity contribution in [3.63, 3.8) is 0 Å². The Morgan fingerprint density at radius 3 is 2.77 bits per heavy atom. The van der Waals surface area contributed by atoms with Crippen molar-refractivity contribution < 1.29 is 9.18 Å². The molecule has 1 aromatic carbocycles. The molecule has 1 N–H and O–H groups in total. The zero-order valence-corrected chi connectivity index (χ0v) is 15.9. The molecule has 6 nitrogen and oxygen atoms in total. The number of carbonyl (C=O) groups excluding carboxylic acids is 1. The van der Waals surface area contributed by atoms with E-state index in [1.807, 2.05) is 27.0 Å². The van der Waals surface area contributed by atoms with Gasteiger partial charge in [-0.05, 0) is 56.7 Å². The van der Waals surface area contributed by atoms with Gasteiger partial charge in [0.25, 0.3) is 5.78 Å². The third-order valence-electron chi connectivity index (χ3n) is 4.21. The van der Waals surface area contributed by atoms with Crippen LogP contribution in [0.5, 0.6) is 0 Å². The highest BCUT2D eigenvalue weighted by molar-refractivity contribution is 7.98. The Morgan fingerprint density at radius 1 is 1.27 bits per heavy atom. The Bertz CT molecular complexity index is 985. The van der Waals surface area contributed by atoms with E-state index in [0.29, 0.717) is 17.4 Å². The quantitative estimate of drug-likeness (QED) is 0.693. The van der Waals surface area contributed by atoms with Gasteiger partial charge in [-0.3, -0.25) is 4.79 Å². The van der Waals surface area contributed by atoms with Crippen LogP contribution in [0, 0.1) is 26.6 Å². The van der Waals surface area contributed by atoms with Gasteiger partial charge in [-0.1, -0.05) is 17.8 Å². The topological polar surface area (TPSA) is 72.2 Å². The van der Waals surface area contributed by atoms with Gasteiger partial charge < -0.3 is 5.32 Å². The zero-order valence-electron chi connectivity index (χ0n) is 15.1. The molecule has 0 radical (unpaired) electrons. The number of aromatic nitrogens is 4. The Morgan fingerprint density at radius 2 is 2.04 bits per heavy atom. The van der Waals surface area contributed by atoms with Crippen molar-refractivity contribution in [3.8, 4) is 0 Å². The summed E-state index contributed by atoms with van der Waals surface area (Å²) in [6.45, 7) is 5.69. The molecule has 2 aromatic heterocycles. The third kappa shape index (κ3) is 3.70. The average Bonchev–Trinajstić information content (AvgIpc) is 3.01. The van der Waals surface area contributed by atoms with Crippen LogP contribution in [0.15, 0.2) is 23.4 Å². The number of nitrogens with one attached hydrogen (secondary N) is 1. The van der Waals surface area contributed by atoms with Gasteiger partial charge in [0.2, 0.25) is 11.1 Å². The van der Waals surface area contributed by atoms with Crippen molar-refractivity contribution >= 4 is 29.1 Å². The molecule has 0 aliphatic rings. The fraction of sp³-hybridized carbons (Fsp3) is 0.333. The van der Waals surface area contributed by atoms with E-state index in [1.54, 1.807) is 16.6 Å². The summed E-state index contributed by atoms with van der Waals surface area (Å²) in [4.78, 5) is 21.1. The molecule has 0 aliphatic carbocycles. The molecule has 3 rings (SSSR count). The SMILES string of the molecule is CSc1nc2nc(C)c(CCC(=O)Nc3cc(C)ccc3F)c(C)n2n1. The minimum absolute atomic E-state index is 0.206. The van der Waals surface area contributed by atoms with E-state index in [1.165, 1.54) is 17.8 Å². The number of nitrogens with zero attached hydrogens (tertiary/aromatic N) is 4. The smallest absolute Gasteiger partial charge is 0.253 e. The van der Waals surface area contributed by atoms with Crippen LogP contribution in [0.4, 0.5) is 10.1 Å². The van der Waals surface area contributed by atoms with E-state index >= 15 is 0 Å². The number of aryl methyl sites for hydroxylation is 3. The first-order chi connectivity index (χ1) is 12.4. The van der Waals surface area contributed by atoms with E-state index in [-0.39, 0.29) is 18.0 Å². The van der Waals surface area contributed by atoms with Crippen molar-refractivity contribution in [2.24, 2.45) is 0 Å². The van der Waals surface area contributed by atoms with Crippen molar-refractivity contribution in [1.29, 1.82) is 0 Å². The zero-order chi connectivity index (χ0) is 18.8. The lowest BCUT2D eigenvalue weighted by molar-refractivity contribution is -0.116. The predicted molar refractivity (Wildman–Crippen MR) is 100 cm³/mol. The molecular formula is C18H20FN5OS. The maximum absolute atomic E-state index is 13.8. The van der Waals surface area contributed by atoms with Gasteiger partial charge in [0, 0.05) is 17.8 Å². The number of amides is 1. The van der Waals surface area contributed by atoms with Gasteiger partial charge in [0.1, 0.15) is 5.82 Å². The Labute approximate surface area is 155 Å². The predicted octanol–water partition coefficient (Wildman–Crippen LogP) is 3.48. The molecule has 0 aliphatic heterocycles. The minimum Gasteiger partial charge on any atom is -0.324 e. The first-order valence-corrected chi connectivity index (χ1v) is 9.44. The van der Waals surface area contributed by atoms with E-state index < -0.39 is 5.82 Å². The highest BCUT2D eigenvalue weighted by atomic mass is 32.2. The second-order valence-electron chi connectivity index (χ2n) is 6.10. The number of hydrogen-bond donors (Lipinski definition) is 1.